The van der Waals surface area contributed by atoms with Gasteiger partial charge < -0.3 is 11.1 Å². The van der Waals surface area contributed by atoms with Gasteiger partial charge in [0.25, 0.3) is 15.9 Å². The van der Waals surface area contributed by atoms with Crippen LogP contribution in [0.5, 0.6) is 0 Å². The van der Waals surface area contributed by atoms with Crippen molar-refractivity contribution in [1.29, 1.82) is 0 Å². The molecule has 30 heavy (non-hydrogen) atoms. The Labute approximate surface area is 177 Å². The normalized spacial score (nSPS) is 11.5. The molecule has 0 saturated heterocycles. The summed E-state index contributed by atoms with van der Waals surface area (Å²) in [6.07, 6.45) is 0. The highest BCUT2D eigenvalue weighted by molar-refractivity contribution is 7.90. The fourth-order valence-corrected chi connectivity index (χ4v) is 5.42. The number of hydrogen-bond donors (Lipinski definition) is 2. The molecule has 2 heterocycles. The number of nitrogen functional groups attached to an aromatic ring is 1. The summed E-state index contributed by atoms with van der Waals surface area (Å²) in [5.41, 5.74) is 10.2. The van der Waals surface area contributed by atoms with Crippen molar-refractivity contribution in [3.63, 3.8) is 0 Å². The summed E-state index contributed by atoms with van der Waals surface area (Å²) in [4.78, 5) is 17.4. The van der Waals surface area contributed by atoms with E-state index in [2.05, 4.69) is 10.3 Å². The van der Waals surface area contributed by atoms with Crippen molar-refractivity contribution in [3.05, 3.63) is 75.7 Å². The monoisotopic (exact) mass is 426 g/mol. The zero-order valence-corrected chi connectivity index (χ0v) is 18.6. The number of hydrogen-bond acceptors (Lipinski definition) is 5. The summed E-state index contributed by atoms with van der Waals surface area (Å²) >= 11 is 0. The van der Waals surface area contributed by atoms with Crippen LogP contribution in [-0.2, 0) is 16.6 Å². The van der Waals surface area contributed by atoms with E-state index in [4.69, 9.17) is 5.73 Å². The lowest BCUT2D eigenvalue weighted by atomic mass is 10.1. The number of amides is 1. The summed E-state index contributed by atoms with van der Waals surface area (Å²) in [5.74, 6) is 0.108. The molecule has 8 heteroatoms. The van der Waals surface area contributed by atoms with Crippen LogP contribution >= 0.6 is 0 Å². The lowest BCUT2D eigenvalue weighted by molar-refractivity contribution is 0.0949. The molecule has 0 saturated carbocycles. The molecule has 3 N–H and O–H groups in total. The highest BCUT2D eigenvalue weighted by Crippen LogP contribution is 2.27. The van der Waals surface area contributed by atoms with Crippen molar-refractivity contribution in [2.45, 2.75) is 46.1 Å². The number of pyridine rings is 1. The topological polar surface area (TPSA) is 107 Å². The lowest BCUT2D eigenvalue weighted by Crippen LogP contribution is -2.25. The Balaban J connectivity index is 1.97. The summed E-state index contributed by atoms with van der Waals surface area (Å²) in [5, 5.41) is 2.90. The Morgan fingerprint density at radius 2 is 1.70 bits per heavy atom. The maximum atomic E-state index is 13.2. The molecule has 3 rings (SSSR count). The Morgan fingerprint density at radius 1 is 1.07 bits per heavy atom. The van der Waals surface area contributed by atoms with E-state index in [1.54, 1.807) is 57.2 Å². The maximum Gasteiger partial charge on any atom is 0.268 e. The Kier molecular flexibility index (Phi) is 5.72. The van der Waals surface area contributed by atoms with Crippen LogP contribution in [0.15, 0.2) is 41.3 Å². The molecule has 158 valence electrons. The molecule has 1 aromatic carbocycles. The van der Waals surface area contributed by atoms with E-state index in [1.807, 2.05) is 13.8 Å². The third-order valence-corrected chi connectivity index (χ3v) is 7.29. The van der Waals surface area contributed by atoms with Gasteiger partial charge in [-0.05, 0) is 69.5 Å². The molecule has 0 bridgehead atoms. The van der Waals surface area contributed by atoms with E-state index >= 15 is 0 Å². The van der Waals surface area contributed by atoms with E-state index in [-0.39, 0.29) is 17.3 Å². The van der Waals surface area contributed by atoms with Gasteiger partial charge in [-0.1, -0.05) is 18.2 Å². The molecule has 7 nitrogen and oxygen atoms in total. The molecule has 0 aliphatic carbocycles. The smallest absolute Gasteiger partial charge is 0.268 e. The molecule has 3 aromatic rings. The van der Waals surface area contributed by atoms with Crippen LogP contribution in [-0.4, -0.2) is 23.3 Å². The van der Waals surface area contributed by atoms with Gasteiger partial charge in [0, 0.05) is 23.6 Å². The van der Waals surface area contributed by atoms with Crippen LogP contribution < -0.4 is 11.1 Å². The second kappa shape index (κ2) is 7.95. The number of anilines is 1. The quantitative estimate of drug-likeness (QED) is 0.652. The average Bonchev–Trinajstić information content (AvgIpc) is 2.90. The summed E-state index contributed by atoms with van der Waals surface area (Å²) in [6.45, 7) is 9.15. The Bertz CT molecular complexity index is 1210. The first-order valence-corrected chi connectivity index (χ1v) is 11.0. The highest BCUT2D eigenvalue weighted by atomic mass is 32.2. The molecule has 0 fully saturated rings. The van der Waals surface area contributed by atoms with Crippen LogP contribution in [0, 0.1) is 34.6 Å². The fourth-order valence-electron chi connectivity index (χ4n) is 3.76. The fraction of sp³-hybridized carbons (Fsp3) is 0.273. The molecular formula is C22H26N4O3S. The van der Waals surface area contributed by atoms with E-state index in [0.717, 1.165) is 16.8 Å². The number of nitrogens with zero attached hydrogens (tertiary/aromatic N) is 2. The van der Waals surface area contributed by atoms with Gasteiger partial charge in [0.2, 0.25) is 0 Å². The number of rotatable bonds is 5. The number of benzene rings is 1. The van der Waals surface area contributed by atoms with Crippen LogP contribution in [0.3, 0.4) is 0 Å². The minimum Gasteiger partial charge on any atom is -0.384 e. The predicted octanol–water partition coefficient (Wildman–Crippen LogP) is 3.17. The first kappa shape index (κ1) is 21.6. The van der Waals surface area contributed by atoms with Gasteiger partial charge in [0.1, 0.15) is 5.82 Å². The van der Waals surface area contributed by atoms with Gasteiger partial charge in [-0.2, -0.15) is 0 Å². The Hall–Kier alpha value is -3.13. The zero-order chi connectivity index (χ0) is 22.2. The maximum absolute atomic E-state index is 13.2. The van der Waals surface area contributed by atoms with Gasteiger partial charge in [-0.3, -0.25) is 4.79 Å². The number of nitrogens with two attached hydrogens (primary N) is 1. The molecule has 1 amide bonds. The standard InChI is InChI=1S/C22H26N4O3S/c1-13-11-20(23)25-15(3)19(13)12-24-22(27)21-14(2)16(4)26(17(21)5)30(28,29)18-9-7-6-8-10-18/h6-11H,12H2,1-5H3,(H2,23,25)(H,24,27). The third-order valence-electron chi connectivity index (χ3n) is 5.40. The molecule has 0 atom stereocenters. The number of carbonyl (C=O) groups is 1. The average molecular weight is 427 g/mol. The van der Waals surface area contributed by atoms with Crippen molar-refractivity contribution in [2.75, 3.05) is 5.73 Å². The molecule has 2 aromatic heterocycles. The highest BCUT2D eigenvalue weighted by Gasteiger charge is 2.28. The van der Waals surface area contributed by atoms with Gasteiger partial charge >= 0.3 is 0 Å². The van der Waals surface area contributed by atoms with Crippen molar-refractivity contribution in [2.24, 2.45) is 0 Å². The lowest BCUT2D eigenvalue weighted by Gasteiger charge is -2.12. The summed E-state index contributed by atoms with van der Waals surface area (Å²) in [7, 11) is -3.81. The number of nitrogens with one attached hydrogen (secondary N) is 1. The minimum atomic E-state index is -3.81. The molecule has 0 radical (unpaired) electrons. The molecular weight excluding hydrogens is 400 g/mol. The first-order valence-electron chi connectivity index (χ1n) is 9.55. The van der Waals surface area contributed by atoms with E-state index in [1.165, 1.54) is 3.97 Å². The zero-order valence-electron chi connectivity index (χ0n) is 17.8. The van der Waals surface area contributed by atoms with E-state index in [9.17, 15) is 13.2 Å². The van der Waals surface area contributed by atoms with Crippen LogP contribution in [0.1, 0.15) is 44.1 Å². The molecule has 0 spiro atoms. The predicted molar refractivity (Wildman–Crippen MR) is 117 cm³/mol. The van der Waals surface area contributed by atoms with Crippen LogP contribution in [0.2, 0.25) is 0 Å². The Morgan fingerprint density at radius 3 is 2.30 bits per heavy atom. The van der Waals surface area contributed by atoms with Crippen LogP contribution in [0.25, 0.3) is 0 Å². The van der Waals surface area contributed by atoms with Gasteiger partial charge in [0.15, 0.2) is 0 Å². The second-order valence-electron chi connectivity index (χ2n) is 7.36. The van der Waals surface area contributed by atoms with Gasteiger partial charge in [0.05, 0.1) is 10.5 Å². The van der Waals surface area contributed by atoms with Crippen LogP contribution in [0.4, 0.5) is 5.82 Å². The summed E-state index contributed by atoms with van der Waals surface area (Å²) < 4.78 is 27.6. The molecule has 0 aliphatic heterocycles. The van der Waals surface area contributed by atoms with E-state index in [0.29, 0.717) is 28.3 Å². The SMILES string of the molecule is Cc1cc(N)nc(C)c1CNC(=O)c1c(C)c(C)n(S(=O)(=O)c2ccccc2)c1C. The van der Waals surface area contributed by atoms with Crippen molar-refractivity contribution < 1.29 is 13.2 Å². The van der Waals surface area contributed by atoms with Crippen molar-refractivity contribution in [3.8, 4) is 0 Å². The second-order valence-corrected chi connectivity index (χ2v) is 9.15. The number of carbonyl (C=O) groups excluding carboxylic acids is 1. The number of aromatic nitrogens is 2. The van der Waals surface area contributed by atoms with Gasteiger partial charge in [-0.25, -0.2) is 17.4 Å². The van der Waals surface area contributed by atoms with Crippen molar-refractivity contribution in [1.82, 2.24) is 14.3 Å². The summed E-state index contributed by atoms with van der Waals surface area (Å²) in [6, 6.07) is 9.96. The minimum absolute atomic E-state index is 0.178. The third kappa shape index (κ3) is 3.70. The van der Waals surface area contributed by atoms with Crippen molar-refractivity contribution >= 4 is 21.7 Å². The van der Waals surface area contributed by atoms with E-state index < -0.39 is 10.0 Å². The van der Waals surface area contributed by atoms with Gasteiger partial charge in [-0.15, -0.1) is 0 Å². The molecule has 0 unspecified atom stereocenters. The largest absolute Gasteiger partial charge is 0.384 e. The molecule has 0 aliphatic rings. The number of aryl methyl sites for hydroxylation is 2. The first-order chi connectivity index (χ1) is 14.1.